The van der Waals surface area contributed by atoms with E-state index in [1.807, 2.05) is 32.0 Å². The van der Waals surface area contributed by atoms with Gasteiger partial charge in [-0.15, -0.1) is 11.8 Å². The molecule has 1 aromatic rings. The number of benzene rings is 1. The van der Waals surface area contributed by atoms with Crippen LogP contribution in [0.2, 0.25) is 0 Å². The quantitative estimate of drug-likeness (QED) is 0.801. The first kappa shape index (κ1) is 14.6. The van der Waals surface area contributed by atoms with Gasteiger partial charge in [0.2, 0.25) is 5.91 Å². The first-order valence-electron chi connectivity index (χ1n) is 5.63. The first-order valence-corrected chi connectivity index (χ1v) is 6.51. The second-order valence-electron chi connectivity index (χ2n) is 4.14. The van der Waals surface area contributed by atoms with E-state index in [2.05, 4.69) is 5.32 Å². The average molecular weight is 267 g/mol. The fourth-order valence-corrected chi connectivity index (χ4v) is 2.46. The molecule has 0 spiro atoms. The Kier molecular flexibility index (Phi) is 5.22. The van der Waals surface area contributed by atoms with E-state index in [-0.39, 0.29) is 17.7 Å². The van der Waals surface area contributed by atoms with Crippen LogP contribution >= 0.6 is 11.8 Å². The van der Waals surface area contributed by atoms with Gasteiger partial charge in [-0.2, -0.15) is 0 Å². The van der Waals surface area contributed by atoms with Gasteiger partial charge in [0.15, 0.2) is 0 Å². The molecule has 1 atom stereocenters. The van der Waals surface area contributed by atoms with Gasteiger partial charge in [-0.3, -0.25) is 9.59 Å². The monoisotopic (exact) mass is 267 g/mol. The van der Waals surface area contributed by atoms with Crippen molar-refractivity contribution in [3.8, 4) is 0 Å². The summed E-state index contributed by atoms with van der Waals surface area (Å²) >= 11 is 1.44. The van der Waals surface area contributed by atoms with Gasteiger partial charge in [0.05, 0.1) is 5.25 Å². The minimum atomic E-state index is -1.03. The number of aryl methyl sites for hydroxylation is 2. The van der Waals surface area contributed by atoms with Gasteiger partial charge < -0.3 is 10.4 Å². The fourth-order valence-electron chi connectivity index (χ4n) is 1.38. The average Bonchev–Trinajstić information content (AvgIpc) is 2.30. The van der Waals surface area contributed by atoms with Crippen molar-refractivity contribution >= 4 is 23.6 Å². The van der Waals surface area contributed by atoms with Crippen molar-refractivity contribution in [1.29, 1.82) is 0 Å². The highest BCUT2D eigenvalue weighted by Gasteiger charge is 2.15. The van der Waals surface area contributed by atoms with E-state index in [1.54, 1.807) is 6.92 Å². The van der Waals surface area contributed by atoms with Crippen LogP contribution in [0.1, 0.15) is 18.1 Å². The third-order valence-corrected chi connectivity index (χ3v) is 3.69. The van der Waals surface area contributed by atoms with E-state index in [4.69, 9.17) is 5.11 Å². The number of carbonyl (C=O) groups excluding carboxylic acids is 1. The van der Waals surface area contributed by atoms with Crippen LogP contribution in [0.5, 0.6) is 0 Å². The van der Waals surface area contributed by atoms with Crippen LogP contribution in [-0.2, 0) is 9.59 Å². The van der Waals surface area contributed by atoms with Crippen molar-refractivity contribution in [2.75, 3.05) is 6.54 Å². The second-order valence-corrected chi connectivity index (χ2v) is 5.52. The van der Waals surface area contributed by atoms with Crippen molar-refractivity contribution < 1.29 is 14.7 Å². The maximum atomic E-state index is 11.7. The van der Waals surface area contributed by atoms with Crippen LogP contribution < -0.4 is 5.32 Å². The third-order valence-electron chi connectivity index (χ3n) is 2.43. The Balaban J connectivity index is 2.63. The molecule has 0 fully saturated rings. The summed E-state index contributed by atoms with van der Waals surface area (Å²) in [7, 11) is 0. The summed E-state index contributed by atoms with van der Waals surface area (Å²) in [6, 6.07) is 6.06. The minimum Gasteiger partial charge on any atom is -0.480 e. The molecule has 1 aromatic carbocycles. The predicted octanol–water partition coefficient (Wildman–Crippen LogP) is 1.98. The molecule has 0 aliphatic heterocycles. The SMILES string of the molecule is Cc1ccc(C)c(SC(C)C(=O)NCC(=O)O)c1. The summed E-state index contributed by atoms with van der Waals surface area (Å²) in [5, 5.41) is 10.6. The van der Waals surface area contributed by atoms with Crippen molar-refractivity contribution in [3.63, 3.8) is 0 Å². The van der Waals surface area contributed by atoms with E-state index in [9.17, 15) is 9.59 Å². The molecule has 98 valence electrons. The number of hydrogen-bond acceptors (Lipinski definition) is 3. The first-order chi connectivity index (χ1) is 8.40. The lowest BCUT2D eigenvalue weighted by molar-refractivity contribution is -0.137. The lowest BCUT2D eigenvalue weighted by atomic mass is 10.2. The summed E-state index contributed by atoms with van der Waals surface area (Å²) in [6.07, 6.45) is 0. The number of rotatable bonds is 5. The molecule has 0 saturated heterocycles. The number of carboxylic acid groups (broad SMARTS) is 1. The van der Waals surface area contributed by atoms with Crippen LogP contribution in [0.4, 0.5) is 0 Å². The zero-order valence-corrected chi connectivity index (χ0v) is 11.5. The Bertz CT molecular complexity index is 460. The Labute approximate surface area is 111 Å². The smallest absolute Gasteiger partial charge is 0.322 e. The summed E-state index contributed by atoms with van der Waals surface area (Å²) in [6.45, 7) is 5.42. The van der Waals surface area contributed by atoms with Crippen LogP contribution in [0, 0.1) is 13.8 Å². The Hall–Kier alpha value is -1.49. The molecule has 0 bridgehead atoms. The lowest BCUT2D eigenvalue weighted by Gasteiger charge is -2.13. The summed E-state index contributed by atoms with van der Waals surface area (Å²) in [5.41, 5.74) is 2.25. The van der Waals surface area contributed by atoms with Gasteiger partial charge in [0, 0.05) is 4.90 Å². The summed E-state index contributed by atoms with van der Waals surface area (Å²) in [4.78, 5) is 23.1. The lowest BCUT2D eigenvalue weighted by Crippen LogP contribution is -2.34. The highest BCUT2D eigenvalue weighted by molar-refractivity contribution is 8.00. The molecule has 0 aliphatic rings. The molecule has 1 amide bonds. The Morgan fingerprint density at radius 2 is 2.06 bits per heavy atom. The van der Waals surface area contributed by atoms with Crippen molar-refractivity contribution in [2.24, 2.45) is 0 Å². The van der Waals surface area contributed by atoms with E-state index >= 15 is 0 Å². The molecule has 0 aromatic heterocycles. The predicted molar refractivity (Wildman–Crippen MR) is 71.9 cm³/mol. The molecule has 0 aliphatic carbocycles. The number of aliphatic carboxylic acids is 1. The Morgan fingerprint density at radius 1 is 1.39 bits per heavy atom. The topological polar surface area (TPSA) is 66.4 Å². The fraction of sp³-hybridized carbons (Fsp3) is 0.385. The molecule has 1 unspecified atom stereocenters. The van der Waals surface area contributed by atoms with Crippen molar-refractivity contribution in [3.05, 3.63) is 29.3 Å². The minimum absolute atomic E-state index is 0.261. The molecule has 0 heterocycles. The van der Waals surface area contributed by atoms with E-state index in [0.29, 0.717) is 0 Å². The number of carboxylic acids is 1. The molecule has 2 N–H and O–H groups in total. The molecule has 5 heteroatoms. The molecule has 1 rings (SSSR count). The number of thioether (sulfide) groups is 1. The van der Waals surface area contributed by atoms with Gasteiger partial charge >= 0.3 is 5.97 Å². The summed E-state index contributed by atoms with van der Waals surface area (Å²) < 4.78 is 0. The zero-order valence-electron chi connectivity index (χ0n) is 10.7. The van der Waals surface area contributed by atoms with E-state index in [1.165, 1.54) is 11.8 Å². The molecular weight excluding hydrogens is 250 g/mol. The highest BCUT2D eigenvalue weighted by atomic mass is 32.2. The number of carbonyl (C=O) groups is 2. The number of amides is 1. The maximum absolute atomic E-state index is 11.7. The molecule has 18 heavy (non-hydrogen) atoms. The van der Waals surface area contributed by atoms with Gasteiger partial charge in [-0.1, -0.05) is 17.7 Å². The van der Waals surface area contributed by atoms with E-state index in [0.717, 1.165) is 16.0 Å². The van der Waals surface area contributed by atoms with Gasteiger partial charge in [-0.25, -0.2) is 0 Å². The second kappa shape index (κ2) is 6.44. The molecule has 4 nitrogen and oxygen atoms in total. The van der Waals surface area contributed by atoms with Gasteiger partial charge in [0.1, 0.15) is 6.54 Å². The molecule has 0 saturated carbocycles. The Morgan fingerprint density at radius 3 is 2.67 bits per heavy atom. The summed E-state index contributed by atoms with van der Waals surface area (Å²) in [5.74, 6) is -1.30. The van der Waals surface area contributed by atoms with Gasteiger partial charge in [0.25, 0.3) is 0 Å². The normalized spacial score (nSPS) is 11.9. The zero-order chi connectivity index (χ0) is 13.7. The van der Waals surface area contributed by atoms with E-state index < -0.39 is 5.97 Å². The van der Waals surface area contributed by atoms with Crippen molar-refractivity contribution in [1.82, 2.24) is 5.32 Å². The van der Waals surface area contributed by atoms with Gasteiger partial charge in [-0.05, 0) is 32.4 Å². The number of hydrogen-bond donors (Lipinski definition) is 2. The largest absolute Gasteiger partial charge is 0.480 e. The van der Waals surface area contributed by atoms with Crippen LogP contribution in [0.25, 0.3) is 0 Å². The van der Waals surface area contributed by atoms with Crippen LogP contribution in [0.3, 0.4) is 0 Å². The number of nitrogens with one attached hydrogen (secondary N) is 1. The third kappa shape index (κ3) is 4.41. The highest BCUT2D eigenvalue weighted by Crippen LogP contribution is 2.27. The standard InChI is InChI=1S/C13H17NO3S/c1-8-4-5-9(2)11(6-8)18-10(3)13(17)14-7-12(15)16/h4-6,10H,7H2,1-3H3,(H,14,17)(H,15,16). The molecular formula is C13H17NO3S. The van der Waals surface area contributed by atoms with Crippen LogP contribution in [0.15, 0.2) is 23.1 Å². The van der Waals surface area contributed by atoms with Crippen LogP contribution in [-0.4, -0.2) is 28.8 Å². The molecule has 0 radical (unpaired) electrons. The maximum Gasteiger partial charge on any atom is 0.322 e. The van der Waals surface area contributed by atoms with Crippen molar-refractivity contribution in [2.45, 2.75) is 30.9 Å².